The second kappa shape index (κ2) is 12.4. The largest absolute Gasteiger partial charge is 0.474 e. The summed E-state index contributed by atoms with van der Waals surface area (Å²) in [5.74, 6) is -4.96. The van der Waals surface area contributed by atoms with Gasteiger partial charge >= 0.3 is 12.3 Å². The fourth-order valence-corrected chi connectivity index (χ4v) is 4.02. The minimum Gasteiger partial charge on any atom is -0.474 e. The molecule has 216 valence electrons. The third-order valence-corrected chi connectivity index (χ3v) is 6.06. The van der Waals surface area contributed by atoms with Crippen LogP contribution in [0.25, 0.3) is 11.3 Å². The number of nitrogens with zero attached hydrogens (tertiary/aromatic N) is 2. The number of ether oxygens (including phenoxy) is 2. The maximum absolute atomic E-state index is 14.9. The minimum atomic E-state index is -4.55. The fourth-order valence-electron chi connectivity index (χ4n) is 3.53. The molecule has 2 aromatic heterocycles. The molecular formula is C25H19BrF5N5O5. The number of imidazole rings is 1. The Hall–Kier alpha value is -4.47. The highest BCUT2D eigenvalue weighted by molar-refractivity contribution is 9.10. The van der Waals surface area contributed by atoms with Gasteiger partial charge in [0.15, 0.2) is 16.2 Å². The standard InChI is InChI=1S/C25H19BrF5N5O5/c26-21-20(12-1-3-13(4-2-12)25(29,30)31)36-23(41-21)17(10-39-24(38)34-8-7-14-9-33-11-35-14)40-16-6-5-15(27)18(19(16)28)22(32)37/h1-6,9,11,17H,7-8,10H2,(H2,32,37)(H,33,35)(H,34,38). The number of hydrogen-bond donors (Lipinski definition) is 3. The van der Waals surface area contributed by atoms with Crippen LogP contribution in [-0.4, -0.2) is 40.1 Å². The van der Waals surface area contributed by atoms with E-state index >= 15 is 0 Å². The van der Waals surface area contributed by atoms with E-state index < -0.39 is 59.4 Å². The highest BCUT2D eigenvalue weighted by Crippen LogP contribution is 2.36. The molecule has 10 nitrogen and oxygen atoms in total. The molecule has 1 unspecified atom stereocenters. The molecule has 4 rings (SSSR count). The maximum atomic E-state index is 14.9. The van der Waals surface area contributed by atoms with Crippen LogP contribution in [0.1, 0.15) is 33.6 Å². The van der Waals surface area contributed by atoms with Gasteiger partial charge in [-0.25, -0.2) is 23.5 Å². The van der Waals surface area contributed by atoms with Crippen molar-refractivity contribution >= 4 is 27.9 Å². The van der Waals surface area contributed by atoms with Crippen LogP contribution in [0.5, 0.6) is 5.75 Å². The second-order valence-corrected chi connectivity index (χ2v) is 9.03. The van der Waals surface area contributed by atoms with Crippen LogP contribution in [0.15, 0.2) is 58.0 Å². The molecule has 0 saturated carbocycles. The van der Waals surface area contributed by atoms with E-state index in [2.05, 4.69) is 36.2 Å². The molecule has 2 aromatic carbocycles. The highest BCUT2D eigenvalue weighted by atomic mass is 79.9. The van der Waals surface area contributed by atoms with E-state index in [0.717, 1.165) is 42.1 Å². The topological polar surface area (TPSA) is 145 Å². The van der Waals surface area contributed by atoms with Gasteiger partial charge < -0.3 is 29.9 Å². The van der Waals surface area contributed by atoms with Crippen molar-refractivity contribution in [2.24, 2.45) is 5.73 Å². The lowest BCUT2D eigenvalue weighted by molar-refractivity contribution is -0.137. The van der Waals surface area contributed by atoms with Crippen molar-refractivity contribution < 1.29 is 45.4 Å². The first-order valence-electron chi connectivity index (χ1n) is 11.6. The number of benzene rings is 2. The Morgan fingerprint density at radius 3 is 2.51 bits per heavy atom. The molecule has 0 fully saturated rings. The van der Waals surface area contributed by atoms with Crippen LogP contribution in [0.4, 0.5) is 26.7 Å². The molecule has 4 N–H and O–H groups in total. The van der Waals surface area contributed by atoms with Gasteiger partial charge in [0.1, 0.15) is 23.7 Å². The average Bonchev–Trinajstić information content (AvgIpc) is 3.57. The Bertz CT molecular complexity index is 1530. The van der Waals surface area contributed by atoms with E-state index in [0.29, 0.717) is 6.42 Å². The second-order valence-electron chi connectivity index (χ2n) is 8.31. The first kappa shape index (κ1) is 29.5. The van der Waals surface area contributed by atoms with Gasteiger partial charge in [0.25, 0.3) is 5.91 Å². The number of aromatic nitrogens is 3. The molecular weight excluding hydrogens is 625 g/mol. The van der Waals surface area contributed by atoms with Gasteiger partial charge in [0, 0.05) is 30.4 Å². The number of nitrogens with two attached hydrogens (primary N) is 1. The van der Waals surface area contributed by atoms with Gasteiger partial charge in [0.05, 0.1) is 11.9 Å². The zero-order valence-corrected chi connectivity index (χ0v) is 22.2. The van der Waals surface area contributed by atoms with Crippen LogP contribution in [0.2, 0.25) is 0 Å². The molecule has 0 aliphatic heterocycles. The first-order chi connectivity index (χ1) is 19.4. The molecule has 0 aliphatic rings. The van der Waals surface area contributed by atoms with Crippen LogP contribution < -0.4 is 15.8 Å². The van der Waals surface area contributed by atoms with Gasteiger partial charge in [-0.15, -0.1) is 0 Å². The summed E-state index contributed by atoms with van der Waals surface area (Å²) in [7, 11) is 0. The van der Waals surface area contributed by atoms with Gasteiger partial charge in [-0.3, -0.25) is 4.79 Å². The highest BCUT2D eigenvalue weighted by Gasteiger charge is 2.31. The van der Waals surface area contributed by atoms with Crippen molar-refractivity contribution in [1.29, 1.82) is 0 Å². The molecule has 0 radical (unpaired) electrons. The number of rotatable bonds is 10. The normalized spacial score (nSPS) is 12.1. The molecule has 2 heterocycles. The van der Waals surface area contributed by atoms with E-state index in [-0.39, 0.29) is 28.4 Å². The third kappa shape index (κ3) is 7.19. The van der Waals surface area contributed by atoms with Crippen LogP contribution in [0, 0.1) is 11.6 Å². The van der Waals surface area contributed by atoms with E-state index in [1.807, 2.05) is 0 Å². The number of amides is 2. The van der Waals surface area contributed by atoms with Crippen molar-refractivity contribution in [3.63, 3.8) is 0 Å². The number of aromatic amines is 1. The predicted octanol–water partition coefficient (Wildman–Crippen LogP) is 5.31. The summed E-state index contributed by atoms with van der Waals surface area (Å²) in [5.41, 5.74) is 4.16. The van der Waals surface area contributed by atoms with Crippen molar-refractivity contribution in [2.45, 2.75) is 18.7 Å². The Balaban J connectivity index is 1.57. The monoisotopic (exact) mass is 643 g/mol. The molecule has 0 spiro atoms. The molecule has 0 aliphatic carbocycles. The Labute approximate surface area is 236 Å². The summed E-state index contributed by atoms with van der Waals surface area (Å²) in [6.07, 6.45) is -3.44. The minimum absolute atomic E-state index is 0.0257. The summed E-state index contributed by atoms with van der Waals surface area (Å²) >= 11 is 3.13. The van der Waals surface area contributed by atoms with Crippen LogP contribution in [0.3, 0.4) is 0 Å². The van der Waals surface area contributed by atoms with E-state index in [1.54, 1.807) is 6.20 Å². The number of hydrogen-bond acceptors (Lipinski definition) is 7. The molecule has 2 amide bonds. The summed E-state index contributed by atoms with van der Waals surface area (Å²) in [5, 5.41) is 2.49. The number of nitrogens with one attached hydrogen (secondary N) is 2. The quantitative estimate of drug-likeness (QED) is 0.199. The smallest absolute Gasteiger partial charge is 0.416 e. The van der Waals surface area contributed by atoms with Crippen LogP contribution >= 0.6 is 15.9 Å². The summed E-state index contributed by atoms with van der Waals surface area (Å²) < 4.78 is 84.0. The number of alkyl carbamates (subject to hydrolysis) is 1. The fraction of sp³-hybridized carbons (Fsp3) is 0.200. The van der Waals surface area contributed by atoms with Gasteiger partial charge in [-0.2, -0.15) is 13.2 Å². The van der Waals surface area contributed by atoms with E-state index in [9.17, 15) is 31.5 Å². The molecule has 0 saturated heterocycles. The van der Waals surface area contributed by atoms with Crippen molar-refractivity contribution in [3.05, 3.63) is 87.9 Å². The predicted molar refractivity (Wildman–Crippen MR) is 135 cm³/mol. The Kier molecular flexibility index (Phi) is 8.90. The summed E-state index contributed by atoms with van der Waals surface area (Å²) in [4.78, 5) is 34.7. The van der Waals surface area contributed by atoms with Crippen molar-refractivity contribution in [3.8, 4) is 17.0 Å². The maximum Gasteiger partial charge on any atom is 0.416 e. The number of primary amides is 1. The Morgan fingerprint density at radius 1 is 1.15 bits per heavy atom. The number of carbonyl (C=O) groups excluding carboxylic acids is 2. The number of alkyl halides is 3. The first-order valence-corrected chi connectivity index (χ1v) is 12.4. The molecule has 1 atom stereocenters. The number of H-pyrrole nitrogens is 1. The Morgan fingerprint density at radius 2 is 1.88 bits per heavy atom. The van der Waals surface area contributed by atoms with E-state index in [1.165, 1.54) is 6.33 Å². The molecule has 0 bridgehead atoms. The lowest BCUT2D eigenvalue weighted by Crippen LogP contribution is -2.29. The molecule has 4 aromatic rings. The van der Waals surface area contributed by atoms with Gasteiger partial charge in [-0.05, 0) is 40.2 Å². The average molecular weight is 644 g/mol. The zero-order chi connectivity index (χ0) is 29.7. The SMILES string of the molecule is NC(=O)c1c(F)ccc(OC(COC(=O)NCCc2cnc[nH]2)c2nc(-c3ccc(C(F)(F)F)cc3)c(Br)o2)c1F. The van der Waals surface area contributed by atoms with Gasteiger partial charge in [-0.1, -0.05) is 12.1 Å². The van der Waals surface area contributed by atoms with Crippen molar-refractivity contribution in [2.75, 3.05) is 13.2 Å². The van der Waals surface area contributed by atoms with E-state index in [4.69, 9.17) is 19.6 Å². The zero-order valence-electron chi connectivity index (χ0n) is 20.6. The number of oxazole rings is 1. The summed E-state index contributed by atoms with van der Waals surface area (Å²) in [6.45, 7) is -0.443. The van der Waals surface area contributed by atoms with Crippen molar-refractivity contribution in [1.82, 2.24) is 20.3 Å². The number of carbonyl (C=O) groups is 2. The molecule has 16 heteroatoms. The number of halogens is 6. The lowest BCUT2D eigenvalue weighted by Gasteiger charge is -2.18. The lowest BCUT2D eigenvalue weighted by atomic mass is 10.1. The van der Waals surface area contributed by atoms with Crippen LogP contribution in [-0.2, 0) is 17.3 Å². The summed E-state index contributed by atoms with van der Waals surface area (Å²) in [6, 6.07) is 5.64. The van der Waals surface area contributed by atoms with Gasteiger partial charge in [0.2, 0.25) is 12.0 Å². The third-order valence-electron chi connectivity index (χ3n) is 5.52. The molecule has 41 heavy (non-hydrogen) atoms.